The van der Waals surface area contributed by atoms with Crippen LogP contribution in [0, 0.1) is 5.82 Å². The van der Waals surface area contributed by atoms with E-state index in [2.05, 4.69) is 36.6 Å². The zero-order valence-electron chi connectivity index (χ0n) is 7.31. The Morgan fingerprint density at radius 3 is 2.47 bits per heavy atom. The molecule has 0 bridgehead atoms. The molecule has 1 aromatic carbocycles. The zero-order chi connectivity index (χ0) is 11.8. The first kappa shape index (κ1) is 13.2. The summed E-state index contributed by atoms with van der Waals surface area (Å²) in [6.45, 7) is 0. The summed E-state index contributed by atoms with van der Waals surface area (Å²) in [5.74, 6) is -0.644. The highest BCUT2D eigenvalue weighted by Crippen LogP contribution is 2.38. The van der Waals surface area contributed by atoms with Gasteiger partial charge in [0.1, 0.15) is 5.82 Å². The summed E-state index contributed by atoms with van der Waals surface area (Å²) >= 11 is 11.6. The Hall–Kier alpha value is 0.150. The summed E-state index contributed by atoms with van der Waals surface area (Å²) in [5, 5.41) is -0.177. The third kappa shape index (κ3) is 3.30. The summed E-state index contributed by atoms with van der Waals surface area (Å²) in [5.41, 5.74) is 0.170. The molecule has 0 unspecified atom stereocenters. The first-order valence-corrected chi connectivity index (χ1v) is 7.38. The zero-order valence-corrected chi connectivity index (χ0v) is 12.1. The minimum Gasteiger partial charge on any atom is -0.281 e. The quantitative estimate of drug-likeness (QED) is 0.631. The van der Waals surface area contributed by atoms with Crippen LogP contribution in [0.5, 0.6) is 0 Å². The van der Waals surface area contributed by atoms with Crippen LogP contribution in [-0.2, 0) is 10.0 Å². The minimum atomic E-state index is -3.44. The standard InChI is InChI=1S/C7H5Br2ClFNO2S/c1-15(13,14)12-7-3(8)2-4(11)6(10)5(7)9/h2,12H,1H3. The minimum absolute atomic E-state index is 0.154. The van der Waals surface area contributed by atoms with E-state index in [1.807, 2.05) is 0 Å². The fourth-order valence-corrected chi connectivity index (χ4v) is 3.11. The molecular weight excluding hydrogens is 376 g/mol. The Kier molecular flexibility index (Phi) is 4.02. The number of anilines is 1. The molecule has 0 heterocycles. The molecular formula is C7H5Br2ClFNO2S. The maximum Gasteiger partial charge on any atom is 0.229 e. The van der Waals surface area contributed by atoms with Crippen LogP contribution in [0.25, 0.3) is 0 Å². The first-order chi connectivity index (χ1) is 6.72. The number of hydrogen-bond acceptors (Lipinski definition) is 2. The maximum atomic E-state index is 13.1. The van der Waals surface area contributed by atoms with Crippen molar-refractivity contribution in [1.82, 2.24) is 0 Å². The third-order valence-corrected chi connectivity index (χ3v) is 3.99. The third-order valence-electron chi connectivity index (χ3n) is 1.40. The van der Waals surface area contributed by atoms with Gasteiger partial charge in [-0.2, -0.15) is 0 Å². The van der Waals surface area contributed by atoms with Crippen molar-refractivity contribution in [3.8, 4) is 0 Å². The molecule has 0 aromatic heterocycles. The molecule has 0 radical (unpaired) electrons. The van der Waals surface area contributed by atoms with E-state index >= 15 is 0 Å². The van der Waals surface area contributed by atoms with Crippen LogP contribution < -0.4 is 4.72 Å². The van der Waals surface area contributed by atoms with E-state index in [1.54, 1.807) is 0 Å². The number of benzene rings is 1. The summed E-state index contributed by atoms with van der Waals surface area (Å²) in [6, 6.07) is 1.08. The Bertz CT molecular complexity index is 506. The Morgan fingerprint density at radius 1 is 1.47 bits per heavy atom. The van der Waals surface area contributed by atoms with Crippen molar-refractivity contribution in [2.45, 2.75) is 0 Å². The molecule has 1 aromatic rings. The van der Waals surface area contributed by atoms with Gasteiger partial charge in [0.05, 0.1) is 21.4 Å². The van der Waals surface area contributed by atoms with Gasteiger partial charge in [0.25, 0.3) is 0 Å². The molecule has 0 atom stereocenters. The van der Waals surface area contributed by atoms with Gasteiger partial charge in [0, 0.05) is 4.47 Å². The van der Waals surface area contributed by atoms with Crippen molar-refractivity contribution in [1.29, 1.82) is 0 Å². The Morgan fingerprint density at radius 2 is 2.00 bits per heavy atom. The number of halogens is 4. The number of sulfonamides is 1. The monoisotopic (exact) mass is 379 g/mol. The van der Waals surface area contributed by atoms with Gasteiger partial charge in [0.2, 0.25) is 10.0 Å². The predicted octanol–water partition coefficient (Wildman–Crippen LogP) is 3.38. The smallest absolute Gasteiger partial charge is 0.229 e. The molecule has 15 heavy (non-hydrogen) atoms. The average molecular weight is 381 g/mol. The molecule has 0 fully saturated rings. The van der Waals surface area contributed by atoms with Crippen LogP contribution in [0.3, 0.4) is 0 Å². The van der Waals surface area contributed by atoms with E-state index in [0.717, 1.165) is 12.3 Å². The van der Waals surface area contributed by atoms with Crippen LogP contribution in [0.4, 0.5) is 10.1 Å². The molecule has 3 nitrogen and oxygen atoms in total. The highest BCUT2D eigenvalue weighted by molar-refractivity contribution is 9.11. The van der Waals surface area contributed by atoms with E-state index in [4.69, 9.17) is 11.6 Å². The van der Waals surface area contributed by atoms with Gasteiger partial charge in [-0.25, -0.2) is 12.8 Å². The molecule has 0 aliphatic heterocycles. The molecule has 1 rings (SSSR count). The molecule has 0 spiro atoms. The molecule has 0 amide bonds. The highest BCUT2D eigenvalue weighted by Gasteiger charge is 2.16. The van der Waals surface area contributed by atoms with Crippen molar-refractivity contribution in [3.63, 3.8) is 0 Å². The first-order valence-electron chi connectivity index (χ1n) is 3.53. The van der Waals surface area contributed by atoms with Gasteiger partial charge >= 0.3 is 0 Å². The van der Waals surface area contributed by atoms with Gasteiger partial charge in [-0.15, -0.1) is 0 Å². The summed E-state index contributed by atoms with van der Waals surface area (Å²) < 4.78 is 37.7. The molecule has 0 saturated carbocycles. The normalized spacial score (nSPS) is 11.5. The van der Waals surface area contributed by atoms with Crippen LogP contribution in [-0.4, -0.2) is 14.7 Å². The fraction of sp³-hybridized carbons (Fsp3) is 0.143. The second kappa shape index (κ2) is 4.57. The lowest BCUT2D eigenvalue weighted by Crippen LogP contribution is -2.11. The van der Waals surface area contributed by atoms with Crippen LogP contribution in [0.15, 0.2) is 15.0 Å². The molecule has 0 aliphatic carbocycles. The van der Waals surface area contributed by atoms with E-state index in [9.17, 15) is 12.8 Å². The van der Waals surface area contributed by atoms with Crippen LogP contribution >= 0.6 is 43.5 Å². The number of nitrogens with one attached hydrogen (secondary N) is 1. The number of hydrogen-bond donors (Lipinski definition) is 1. The predicted molar refractivity (Wildman–Crippen MR) is 65.3 cm³/mol. The van der Waals surface area contributed by atoms with Gasteiger partial charge in [-0.3, -0.25) is 4.72 Å². The van der Waals surface area contributed by atoms with Crippen LogP contribution in [0.2, 0.25) is 5.02 Å². The molecule has 84 valence electrons. The lowest BCUT2D eigenvalue weighted by molar-refractivity contribution is 0.606. The van der Waals surface area contributed by atoms with Gasteiger partial charge in [-0.1, -0.05) is 11.6 Å². The molecule has 0 saturated heterocycles. The summed E-state index contributed by atoms with van der Waals surface area (Å²) in [6.07, 6.45) is 0.989. The van der Waals surface area contributed by atoms with Gasteiger partial charge < -0.3 is 0 Å². The molecule has 1 N–H and O–H groups in total. The Balaban J connectivity index is 3.37. The maximum absolute atomic E-state index is 13.1. The Labute approximate surface area is 108 Å². The SMILES string of the molecule is CS(=O)(=O)Nc1c(Br)cc(F)c(Cl)c1Br. The van der Waals surface area contributed by atoms with E-state index in [0.29, 0.717) is 0 Å². The van der Waals surface area contributed by atoms with Crippen molar-refractivity contribution in [2.24, 2.45) is 0 Å². The number of rotatable bonds is 2. The van der Waals surface area contributed by atoms with E-state index in [1.165, 1.54) is 0 Å². The highest BCUT2D eigenvalue weighted by atomic mass is 79.9. The van der Waals surface area contributed by atoms with Gasteiger partial charge in [0.15, 0.2) is 0 Å². The topological polar surface area (TPSA) is 46.2 Å². The van der Waals surface area contributed by atoms with Crippen molar-refractivity contribution < 1.29 is 12.8 Å². The second-order valence-corrected chi connectivity index (χ2v) is 6.49. The summed E-state index contributed by atoms with van der Waals surface area (Å²) in [7, 11) is -3.44. The second-order valence-electron chi connectivity index (χ2n) is 2.72. The van der Waals surface area contributed by atoms with E-state index in [-0.39, 0.29) is 19.7 Å². The van der Waals surface area contributed by atoms with Crippen molar-refractivity contribution in [2.75, 3.05) is 11.0 Å². The van der Waals surface area contributed by atoms with Crippen molar-refractivity contribution >= 4 is 59.2 Å². The molecule has 8 heteroatoms. The van der Waals surface area contributed by atoms with Gasteiger partial charge in [-0.05, 0) is 37.9 Å². The molecule has 0 aliphatic rings. The van der Waals surface area contributed by atoms with Crippen molar-refractivity contribution in [3.05, 3.63) is 25.9 Å². The lowest BCUT2D eigenvalue weighted by atomic mass is 10.3. The fourth-order valence-electron chi connectivity index (χ4n) is 0.845. The summed E-state index contributed by atoms with van der Waals surface area (Å²) in [4.78, 5) is 0. The lowest BCUT2D eigenvalue weighted by Gasteiger charge is -2.10. The van der Waals surface area contributed by atoms with E-state index < -0.39 is 15.8 Å². The van der Waals surface area contributed by atoms with Crippen LogP contribution in [0.1, 0.15) is 0 Å². The largest absolute Gasteiger partial charge is 0.281 e. The average Bonchev–Trinajstić information content (AvgIpc) is 2.07.